The van der Waals surface area contributed by atoms with Crippen molar-refractivity contribution in [3.8, 4) is 5.75 Å². The van der Waals surface area contributed by atoms with Crippen molar-refractivity contribution >= 4 is 23.5 Å². The van der Waals surface area contributed by atoms with Crippen LogP contribution in [-0.2, 0) is 4.79 Å². The number of aromatic nitrogens is 1. The number of hydrogen-bond acceptors (Lipinski definition) is 6. The minimum atomic E-state index is -0.189. The summed E-state index contributed by atoms with van der Waals surface area (Å²) in [7, 11) is 1.66. The Kier molecular flexibility index (Phi) is 4.70. The Morgan fingerprint density at radius 2 is 1.93 bits per heavy atom. The van der Waals surface area contributed by atoms with Gasteiger partial charge in [-0.2, -0.15) is 4.98 Å². The van der Waals surface area contributed by atoms with E-state index in [-0.39, 0.29) is 29.4 Å². The molecule has 2 fully saturated rings. The Bertz CT molecular complexity index is 838. The predicted molar refractivity (Wildman–Crippen MR) is 99.0 cm³/mol. The van der Waals surface area contributed by atoms with E-state index in [2.05, 4.69) is 15.2 Å². The minimum Gasteiger partial charge on any atom is -0.495 e. The summed E-state index contributed by atoms with van der Waals surface area (Å²) in [6.45, 7) is 2.56. The lowest BCUT2D eigenvalue weighted by Crippen LogP contribution is -2.49. The van der Waals surface area contributed by atoms with E-state index in [4.69, 9.17) is 9.15 Å². The lowest BCUT2D eigenvalue weighted by molar-refractivity contribution is -0.117. The van der Waals surface area contributed by atoms with E-state index >= 15 is 0 Å². The number of nitrogens with one attached hydrogen (secondary N) is 1. The Morgan fingerprint density at radius 3 is 2.63 bits per heavy atom. The zero-order valence-electron chi connectivity index (χ0n) is 15.2. The van der Waals surface area contributed by atoms with Gasteiger partial charge in [0.2, 0.25) is 5.91 Å². The Hall–Kier alpha value is -3.03. The topological polar surface area (TPSA) is 87.9 Å². The molecule has 8 nitrogen and oxygen atoms in total. The van der Waals surface area contributed by atoms with Gasteiger partial charge in [-0.3, -0.25) is 14.9 Å². The number of rotatable bonds is 5. The number of nitrogens with zero attached hydrogens (tertiary/aromatic N) is 3. The molecule has 1 aromatic carbocycles. The van der Waals surface area contributed by atoms with Gasteiger partial charge in [0.05, 0.1) is 12.8 Å². The molecule has 2 aromatic rings. The molecule has 4 rings (SSSR count). The van der Waals surface area contributed by atoms with E-state index in [1.807, 2.05) is 24.3 Å². The summed E-state index contributed by atoms with van der Waals surface area (Å²) in [5.41, 5.74) is 1.24. The number of amides is 2. The van der Waals surface area contributed by atoms with Crippen LogP contribution in [0.2, 0.25) is 0 Å². The van der Waals surface area contributed by atoms with Crippen molar-refractivity contribution in [2.75, 3.05) is 43.5 Å². The average molecular weight is 370 g/mol. The molecular formula is C19H22N4O4. The van der Waals surface area contributed by atoms with Crippen LogP contribution >= 0.6 is 0 Å². The van der Waals surface area contributed by atoms with E-state index in [0.29, 0.717) is 26.2 Å². The molecule has 0 atom stereocenters. The van der Waals surface area contributed by atoms with E-state index in [1.54, 1.807) is 12.0 Å². The second-order valence-electron chi connectivity index (χ2n) is 6.75. The molecule has 0 unspecified atom stereocenters. The highest BCUT2D eigenvalue weighted by atomic mass is 16.5. The highest BCUT2D eigenvalue weighted by Gasteiger charge is 2.31. The summed E-state index contributed by atoms with van der Waals surface area (Å²) < 4.78 is 10.6. The number of carbonyl (C=O) groups excluding carboxylic acids is 2. The Balaban J connectivity index is 1.36. The third-order valence-corrected chi connectivity index (χ3v) is 4.89. The molecule has 2 heterocycles. The molecule has 1 saturated heterocycles. The number of hydrogen-bond donors (Lipinski definition) is 1. The Labute approximate surface area is 157 Å². The number of methoxy groups -OCH3 is 1. The molecular weight excluding hydrogens is 348 g/mol. The minimum absolute atomic E-state index is 0.0547. The molecule has 0 spiro atoms. The number of ether oxygens (including phenoxy) is 1. The van der Waals surface area contributed by atoms with Crippen molar-refractivity contribution in [1.82, 2.24) is 9.88 Å². The van der Waals surface area contributed by atoms with Crippen LogP contribution in [0, 0.1) is 5.92 Å². The monoisotopic (exact) mass is 370 g/mol. The molecule has 0 radical (unpaired) electrons. The average Bonchev–Trinajstić information content (AvgIpc) is 3.47. The standard InChI is InChI=1S/C19H22N4O4/c1-26-16-5-3-2-4-15(16)22-8-10-23(11-9-22)18(25)14-12-27-19(20-14)21-17(24)13-6-7-13/h2-5,12-13H,6-11H2,1H3,(H,20,21,24). The number of carbonyl (C=O) groups is 2. The van der Waals surface area contributed by atoms with Crippen molar-refractivity contribution in [1.29, 1.82) is 0 Å². The fraction of sp³-hybridized carbons (Fsp3) is 0.421. The summed E-state index contributed by atoms with van der Waals surface area (Å²) in [5.74, 6) is 0.593. The lowest BCUT2D eigenvalue weighted by atomic mass is 10.2. The van der Waals surface area contributed by atoms with Crippen molar-refractivity contribution < 1.29 is 18.7 Å². The molecule has 1 saturated carbocycles. The van der Waals surface area contributed by atoms with Crippen LogP contribution in [0.4, 0.5) is 11.7 Å². The quantitative estimate of drug-likeness (QED) is 0.866. The van der Waals surface area contributed by atoms with Gasteiger partial charge in [0, 0.05) is 32.1 Å². The number of piperazine rings is 1. The molecule has 142 valence electrons. The highest BCUT2D eigenvalue weighted by Crippen LogP contribution is 2.30. The SMILES string of the molecule is COc1ccccc1N1CCN(C(=O)c2coc(NC(=O)C3CC3)n2)CC1. The smallest absolute Gasteiger partial charge is 0.302 e. The first-order chi connectivity index (χ1) is 13.2. The molecule has 1 N–H and O–H groups in total. The third kappa shape index (κ3) is 3.74. The van der Waals surface area contributed by atoms with E-state index in [0.717, 1.165) is 24.3 Å². The number of anilines is 2. The maximum Gasteiger partial charge on any atom is 0.302 e. The lowest BCUT2D eigenvalue weighted by Gasteiger charge is -2.36. The van der Waals surface area contributed by atoms with Gasteiger partial charge < -0.3 is 19.0 Å². The van der Waals surface area contributed by atoms with Crippen LogP contribution in [0.25, 0.3) is 0 Å². The van der Waals surface area contributed by atoms with Crippen LogP contribution in [0.3, 0.4) is 0 Å². The van der Waals surface area contributed by atoms with Crippen LogP contribution in [0.5, 0.6) is 5.75 Å². The third-order valence-electron chi connectivity index (χ3n) is 4.89. The zero-order valence-corrected chi connectivity index (χ0v) is 15.2. The second kappa shape index (κ2) is 7.30. The van der Waals surface area contributed by atoms with Gasteiger partial charge >= 0.3 is 6.01 Å². The summed E-state index contributed by atoms with van der Waals surface area (Å²) in [6, 6.07) is 7.94. The van der Waals surface area contributed by atoms with E-state index in [1.165, 1.54) is 6.26 Å². The largest absolute Gasteiger partial charge is 0.495 e. The first-order valence-corrected chi connectivity index (χ1v) is 9.09. The summed E-state index contributed by atoms with van der Waals surface area (Å²) >= 11 is 0. The van der Waals surface area contributed by atoms with E-state index in [9.17, 15) is 9.59 Å². The van der Waals surface area contributed by atoms with Gasteiger partial charge in [0.25, 0.3) is 5.91 Å². The summed E-state index contributed by atoms with van der Waals surface area (Å²) in [6.07, 6.45) is 3.10. The second-order valence-corrected chi connectivity index (χ2v) is 6.75. The fourth-order valence-electron chi connectivity index (χ4n) is 3.19. The van der Waals surface area contributed by atoms with Crippen LogP contribution < -0.4 is 15.0 Å². The maximum absolute atomic E-state index is 12.7. The normalized spacial score (nSPS) is 16.9. The summed E-state index contributed by atoms with van der Waals surface area (Å²) in [4.78, 5) is 32.5. The van der Waals surface area contributed by atoms with Gasteiger partial charge in [0.1, 0.15) is 12.0 Å². The number of oxazole rings is 1. The fourth-order valence-corrected chi connectivity index (χ4v) is 3.19. The van der Waals surface area contributed by atoms with Gasteiger partial charge in [-0.25, -0.2) is 0 Å². The molecule has 2 amide bonds. The van der Waals surface area contributed by atoms with Crippen molar-refractivity contribution in [2.45, 2.75) is 12.8 Å². The summed E-state index contributed by atoms with van der Waals surface area (Å²) in [5, 5.41) is 2.61. The molecule has 2 aliphatic rings. The maximum atomic E-state index is 12.7. The number of benzene rings is 1. The molecule has 8 heteroatoms. The molecule has 1 aliphatic carbocycles. The van der Waals surface area contributed by atoms with Crippen LogP contribution in [0.1, 0.15) is 23.3 Å². The molecule has 0 bridgehead atoms. The first kappa shape index (κ1) is 17.4. The molecule has 27 heavy (non-hydrogen) atoms. The molecule has 1 aliphatic heterocycles. The number of para-hydroxylation sites is 2. The van der Waals surface area contributed by atoms with Gasteiger partial charge in [0.15, 0.2) is 5.69 Å². The van der Waals surface area contributed by atoms with Crippen molar-refractivity contribution in [3.05, 3.63) is 36.2 Å². The van der Waals surface area contributed by atoms with Gasteiger partial charge in [-0.1, -0.05) is 12.1 Å². The van der Waals surface area contributed by atoms with Crippen molar-refractivity contribution in [2.24, 2.45) is 5.92 Å². The van der Waals surface area contributed by atoms with E-state index < -0.39 is 0 Å². The Morgan fingerprint density at radius 1 is 1.19 bits per heavy atom. The van der Waals surface area contributed by atoms with Crippen molar-refractivity contribution in [3.63, 3.8) is 0 Å². The van der Waals surface area contributed by atoms with Crippen LogP contribution in [-0.4, -0.2) is 55.0 Å². The predicted octanol–water partition coefficient (Wildman–Crippen LogP) is 1.99. The zero-order chi connectivity index (χ0) is 18.8. The van der Waals surface area contributed by atoms with Gasteiger partial charge in [-0.15, -0.1) is 0 Å². The highest BCUT2D eigenvalue weighted by molar-refractivity contribution is 5.95. The molecule has 1 aromatic heterocycles. The first-order valence-electron chi connectivity index (χ1n) is 9.09. The van der Waals surface area contributed by atoms with Gasteiger partial charge in [-0.05, 0) is 25.0 Å². The van der Waals surface area contributed by atoms with Crippen LogP contribution in [0.15, 0.2) is 34.9 Å².